The Hall–Kier alpha value is -0.650. The summed E-state index contributed by atoms with van der Waals surface area (Å²) >= 11 is 5.89. The van der Waals surface area contributed by atoms with E-state index in [0.717, 1.165) is 12.8 Å². The maximum atomic E-state index is 12.2. The molecule has 0 radical (unpaired) electrons. The van der Waals surface area contributed by atoms with Gasteiger partial charge in [0.2, 0.25) is 10.0 Å². The maximum absolute atomic E-state index is 12.2. The molecule has 1 heterocycles. The van der Waals surface area contributed by atoms with E-state index in [1.165, 1.54) is 31.3 Å². The topological polar surface area (TPSA) is 59.1 Å². The highest BCUT2D eigenvalue weighted by Gasteiger charge is 2.27. The standard InChI is InChI=1S/C12H17ClN2O2S/c1-9(10-4-2-3-5-10)15-18(16,17)12-8-14-7-6-11(12)13/h6-10,15H,2-5H2,1H3. The summed E-state index contributed by atoms with van der Waals surface area (Å²) in [6.45, 7) is 1.91. The van der Waals surface area contributed by atoms with Crippen LogP contribution in [0.4, 0.5) is 0 Å². The summed E-state index contributed by atoms with van der Waals surface area (Å²) in [6.07, 6.45) is 7.30. The maximum Gasteiger partial charge on any atom is 0.243 e. The second kappa shape index (κ2) is 5.55. The van der Waals surface area contributed by atoms with Crippen molar-refractivity contribution in [3.8, 4) is 0 Å². The van der Waals surface area contributed by atoms with Crippen LogP contribution in [0.2, 0.25) is 5.02 Å². The van der Waals surface area contributed by atoms with Gasteiger partial charge in [-0.3, -0.25) is 4.98 Å². The molecule has 6 heteroatoms. The van der Waals surface area contributed by atoms with E-state index in [4.69, 9.17) is 11.6 Å². The lowest BCUT2D eigenvalue weighted by molar-refractivity contribution is 0.424. The number of hydrogen-bond acceptors (Lipinski definition) is 3. The van der Waals surface area contributed by atoms with Gasteiger partial charge in [-0.25, -0.2) is 13.1 Å². The highest BCUT2D eigenvalue weighted by molar-refractivity contribution is 7.89. The molecular formula is C12H17ClN2O2S. The average Bonchev–Trinajstić information content (AvgIpc) is 2.82. The third-order valence-corrected chi connectivity index (χ3v) is 5.50. The first-order chi connectivity index (χ1) is 8.50. The van der Waals surface area contributed by atoms with Crippen LogP contribution in [0.25, 0.3) is 0 Å². The number of aromatic nitrogens is 1. The lowest BCUT2D eigenvalue weighted by Gasteiger charge is -2.20. The van der Waals surface area contributed by atoms with Crippen molar-refractivity contribution in [2.45, 2.75) is 43.5 Å². The van der Waals surface area contributed by atoms with Crippen molar-refractivity contribution in [3.05, 3.63) is 23.5 Å². The van der Waals surface area contributed by atoms with Crippen molar-refractivity contribution in [3.63, 3.8) is 0 Å². The fourth-order valence-corrected chi connectivity index (χ4v) is 4.17. The van der Waals surface area contributed by atoms with Crippen molar-refractivity contribution in [1.29, 1.82) is 0 Å². The van der Waals surface area contributed by atoms with Gasteiger partial charge in [0.05, 0.1) is 5.02 Å². The summed E-state index contributed by atoms with van der Waals surface area (Å²) in [5.74, 6) is 0.426. The third-order valence-electron chi connectivity index (χ3n) is 3.47. The van der Waals surface area contributed by atoms with E-state index in [-0.39, 0.29) is 16.0 Å². The van der Waals surface area contributed by atoms with Crippen LogP contribution < -0.4 is 4.72 Å². The van der Waals surface area contributed by atoms with Crippen molar-refractivity contribution < 1.29 is 8.42 Å². The Bertz CT molecular complexity index is 513. The van der Waals surface area contributed by atoms with Gasteiger partial charge in [0.25, 0.3) is 0 Å². The van der Waals surface area contributed by atoms with Gasteiger partial charge in [-0.1, -0.05) is 24.4 Å². The monoisotopic (exact) mass is 288 g/mol. The Balaban J connectivity index is 2.14. The first-order valence-corrected chi connectivity index (χ1v) is 7.98. The second-order valence-electron chi connectivity index (χ2n) is 4.76. The molecule has 0 amide bonds. The molecule has 1 N–H and O–H groups in total. The molecule has 1 saturated carbocycles. The van der Waals surface area contributed by atoms with Crippen molar-refractivity contribution in [2.24, 2.45) is 5.92 Å². The Morgan fingerprint density at radius 2 is 2.11 bits per heavy atom. The average molecular weight is 289 g/mol. The summed E-state index contributed by atoms with van der Waals surface area (Å²) in [4.78, 5) is 3.87. The molecule has 1 atom stereocenters. The van der Waals surface area contributed by atoms with Gasteiger partial charge >= 0.3 is 0 Å². The van der Waals surface area contributed by atoms with Crippen LogP contribution in [0.15, 0.2) is 23.4 Å². The molecule has 100 valence electrons. The quantitative estimate of drug-likeness (QED) is 0.926. The molecule has 1 aliphatic carbocycles. The fourth-order valence-electron chi connectivity index (χ4n) is 2.42. The van der Waals surface area contributed by atoms with Crippen molar-refractivity contribution in [2.75, 3.05) is 0 Å². The van der Waals surface area contributed by atoms with Gasteiger partial charge in [-0.05, 0) is 31.7 Å². The number of pyridine rings is 1. The van der Waals surface area contributed by atoms with Gasteiger partial charge in [-0.15, -0.1) is 0 Å². The third kappa shape index (κ3) is 3.02. The lowest BCUT2D eigenvalue weighted by Crippen LogP contribution is -2.37. The molecule has 0 aliphatic heterocycles. The number of nitrogens with zero attached hydrogens (tertiary/aromatic N) is 1. The van der Waals surface area contributed by atoms with Crippen LogP contribution in [0.1, 0.15) is 32.6 Å². The zero-order chi connectivity index (χ0) is 13.2. The van der Waals surface area contributed by atoms with Gasteiger partial charge in [0.1, 0.15) is 4.90 Å². The molecule has 4 nitrogen and oxygen atoms in total. The van der Waals surface area contributed by atoms with E-state index in [1.54, 1.807) is 0 Å². The summed E-state index contributed by atoms with van der Waals surface area (Å²) in [7, 11) is -3.57. The molecule has 1 aromatic heterocycles. The van der Waals surface area contributed by atoms with Crippen molar-refractivity contribution >= 4 is 21.6 Å². The van der Waals surface area contributed by atoms with Crippen LogP contribution in [-0.4, -0.2) is 19.4 Å². The largest absolute Gasteiger partial charge is 0.263 e. The normalized spacial score (nSPS) is 19.0. The Labute approximate surface area is 113 Å². The van der Waals surface area contributed by atoms with Gasteiger partial charge in [-0.2, -0.15) is 0 Å². The molecule has 0 saturated heterocycles. The summed E-state index contributed by atoms with van der Waals surface area (Å²) in [6, 6.07) is 1.42. The summed E-state index contributed by atoms with van der Waals surface area (Å²) in [5, 5.41) is 0.205. The van der Waals surface area contributed by atoms with Crippen LogP contribution in [-0.2, 0) is 10.0 Å². The molecule has 2 rings (SSSR count). The van der Waals surface area contributed by atoms with Crippen LogP contribution >= 0.6 is 11.6 Å². The SMILES string of the molecule is CC(NS(=O)(=O)c1cnccc1Cl)C1CCCC1. The zero-order valence-electron chi connectivity index (χ0n) is 10.3. The summed E-state index contributed by atoms with van der Waals surface area (Å²) < 4.78 is 27.1. The first kappa shape index (κ1) is 13.8. The van der Waals surface area contributed by atoms with Gasteiger partial charge < -0.3 is 0 Å². The minimum absolute atomic E-state index is 0.0523. The number of halogens is 1. The second-order valence-corrected chi connectivity index (χ2v) is 6.85. The highest BCUT2D eigenvalue weighted by atomic mass is 35.5. The molecule has 1 fully saturated rings. The predicted octanol–water partition coefficient (Wildman–Crippen LogP) is 2.59. The van der Waals surface area contributed by atoms with E-state index in [2.05, 4.69) is 9.71 Å². The van der Waals surface area contributed by atoms with Crippen LogP contribution in [0.3, 0.4) is 0 Å². The number of sulfonamides is 1. The van der Waals surface area contributed by atoms with Gasteiger partial charge in [0.15, 0.2) is 0 Å². The van der Waals surface area contributed by atoms with E-state index in [1.807, 2.05) is 6.92 Å². The van der Waals surface area contributed by atoms with E-state index >= 15 is 0 Å². The molecule has 0 bridgehead atoms. The molecule has 1 aromatic rings. The highest BCUT2D eigenvalue weighted by Crippen LogP contribution is 2.28. The minimum atomic E-state index is -3.57. The van der Waals surface area contributed by atoms with Crippen molar-refractivity contribution in [1.82, 2.24) is 9.71 Å². The van der Waals surface area contributed by atoms with Crippen LogP contribution in [0, 0.1) is 5.92 Å². The van der Waals surface area contributed by atoms with E-state index in [0.29, 0.717) is 5.92 Å². The molecule has 1 unspecified atom stereocenters. The van der Waals surface area contributed by atoms with E-state index < -0.39 is 10.0 Å². The molecular weight excluding hydrogens is 272 g/mol. The smallest absolute Gasteiger partial charge is 0.243 e. The Kier molecular flexibility index (Phi) is 4.25. The Morgan fingerprint density at radius 3 is 2.72 bits per heavy atom. The first-order valence-electron chi connectivity index (χ1n) is 6.12. The number of rotatable bonds is 4. The summed E-state index contributed by atoms with van der Waals surface area (Å²) in [5.41, 5.74) is 0. The minimum Gasteiger partial charge on any atom is -0.263 e. The number of hydrogen-bond donors (Lipinski definition) is 1. The molecule has 0 aromatic carbocycles. The molecule has 18 heavy (non-hydrogen) atoms. The van der Waals surface area contributed by atoms with Gasteiger partial charge in [0, 0.05) is 18.4 Å². The Morgan fingerprint density at radius 1 is 1.44 bits per heavy atom. The van der Waals surface area contributed by atoms with E-state index in [9.17, 15) is 8.42 Å². The fraction of sp³-hybridized carbons (Fsp3) is 0.583. The zero-order valence-corrected chi connectivity index (χ0v) is 11.8. The number of nitrogens with one attached hydrogen (secondary N) is 1. The van der Waals surface area contributed by atoms with Crippen LogP contribution in [0.5, 0.6) is 0 Å². The lowest BCUT2D eigenvalue weighted by atomic mass is 10.0. The molecule has 0 spiro atoms. The molecule has 1 aliphatic rings. The predicted molar refractivity (Wildman–Crippen MR) is 71.0 cm³/mol.